The van der Waals surface area contributed by atoms with Gasteiger partial charge < -0.3 is 5.11 Å². The molecule has 2 N–H and O–H groups in total. The molecule has 0 aliphatic carbocycles. The van der Waals surface area contributed by atoms with E-state index in [1.165, 1.54) is 0 Å². The van der Waals surface area contributed by atoms with E-state index in [-0.39, 0.29) is 6.54 Å². The number of aryl methyl sites for hydroxylation is 2. The molecule has 0 bridgehead atoms. The minimum atomic E-state index is -3.46. The van der Waals surface area contributed by atoms with Crippen molar-refractivity contribution in [2.24, 2.45) is 0 Å². The Hall–Kier alpha value is -0.910. The lowest BCUT2D eigenvalue weighted by Crippen LogP contribution is -2.27. The standard InChI is InChI=1S/C12H19NO3S/c1-9-4-5-12(10(2)8-9)17(15,16)13-7-6-11(3)14/h4-5,8,11,13-14H,6-7H2,1-3H3. The van der Waals surface area contributed by atoms with Gasteiger partial charge in [-0.3, -0.25) is 0 Å². The molecule has 1 rings (SSSR count). The second-order valence-electron chi connectivity index (χ2n) is 4.30. The molecule has 1 aromatic carbocycles. The first-order chi connectivity index (χ1) is 7.83. The van der Waals surface area contributed by atoms with Crippen molar-refractivity contribution in [2.45, 2.75) is 38.2 Å². The highest BCUT2D eigenvalue weighted by atomic mass is 32.2. The third-order valence-corrected chi connectivity index (χ3v) is 4.10. The average molecular weight is 257 g/mol. The molecule has 1 unspecified atom stereocenters. The van der Waals surface area contributed by atoms with Crippen molar-refractivity contribution in [2.75, 3.05) is 6.54 Å². The van der Waals surface area contributed by atoms with Crippen LogP contribution in [0.15, 0.2) is 23.1 Å². The maximum absolute atomic E-state index is 12.0. The van der Waals surface area contributed by atoms with Crippen LogP contribution in [0, 0.1) is 13.8 Å². The zero-order valence-corrected chi connectivity index (χ0v) is 11.2. The van der Waals surface area contributed by atoms with E-state index in [1.807, 2.05) is 13.0 Å². The van der Waals surface area contributed by atoms with E-state index < -0.39 is 16.1 Å². The van der Waals surface area contributed by atoms with Crippen LogP contribution in [0.1, 0.15) is 24.5 Å². The zero-order valence-electron chi connectivity index (χ0n) is 10.4. The Labute approximate surface area is 103 Å². The Morgan fingerprint density at radius 2 is 2.00 bits per heavy atom. The molecule has 0 aliphatic heterocycles. The van der Waals surface area contributed by atoms with E-state index in [4.69, 9.17) is 5.11 Å². The third-order valence-electron chi connectivity index (χ3n) is 2.47. The van der Waals surface area contributed by atoms with Crippen molar-refractivity contribution in [3.8, 4) is 0 Å². The van der Waals surface area contributed by atoms with Crippen molar-refractivity contribution < 1.29 is 13.5 Å². The van der Waals surface area contributed by atoms with Crippen LogP contribution < -0.4 is 4.72 Å². The van der Waals surface area contributed by atoms with Crippen LogP contribution in [0.4, 0.5) is 0 Å². The fraction of sp³-hybridized carbons (Fsp3) is 0.500. The molecule has 96 valence electrons. The van der Waals surface area contributed by atoms with Gasteiger partial charge in [0, 0.05) is 6.54 Å². The minimum absolute atomic E-state index is 0.243. The minimum Gasteiger partial charge on any atom is -0.393 e. The summed E-state index contributed by atoms with van der Waals surface area (Å²) < 4.78 is 26.4. The summed E-state index contributed by atoms with van der Waals surface area (Å²) >= 11 is 0. The van der Waals surface area contributed by atoms with Gasteiger partial charge in [0.2, 0.25) is 10.0 Å². The van der Waals surface area contributed by atoms with Crippen LogP contribution in [0.2, 0.25) is 0 Å². The van der Waals surface area contributed by atoms with E-state index in [2.05, 4.69) is 4.72 Å². The van der Waals surface area contributed by atoms with Crippen LogP contribution >= 0.6 is 0 Å². The second-order valence-corrected chi connectivity index (χ2v) is 6.04. The van der Waals surface area contributed by atoms with Gasteiger partial charge in [0.05, 0.1) is 11.0 Å². The summed E-state index contributed by atoms with van der Waals surface area (Å²) in [4.78, 5) is 0.300. The molecular weight excluding hydrogens is 238 g/mol. The van der Waals surface area contributed by atoms with Crippen molar-refractivity contribution >= 4 is 10.0 Å². The molecule has 0 saturated heterocycles. The highest BCUT2D eigenvalue weighted by molar-refractivity contribution is 7.89. The molecule has 1 aromatic rings. The molecule has 0 heterocycles. The fourth-order valence-corrected chi connectivity index (χ4v) is 2.85. The van der Waals surface area contributed by atoms with E-state index in [0.29, 0.717) is 11.3 Å². The van der Waals surface area contributed by atoms with Crippen molar-refractivity contribution in [3.63, 3.8) is 0 Å². The lowest BCUT2D eigenvalue weighted by Gasteiger charge is -2.10. The SMILES string of the molecule is Cc1ccc(S(=O)(=O)NCCC(C)O)c(C)c1. The number of rotatable bonds is 5. The third kappa shape index (κ3) is 4.11. The van der Waals surface area contributed by atoms with Gasteiger partial charge in [0.25, 0.3) is 0 Å². The van der Waals surface area contributed by atoms with Crippen LogP contribution in [0.5, 0.6) is 0 Å². The largest absolute Gasteiger partial charge is 0.393 e. The molecular formula is C12H19NO3S. The quantitative estimate of drug-likeness (QED) is 0.837. The maximum Gasteiger partial charge on any atom is 0.240 e. The molecule has 0 spiro atoms. The molecule has 5 heteroatoms. The summed E-state index contributed by atoms with van der Waals surface area (Å²) in [6.07, 6.45) is -0.0961. The molecule has 0 saturated carbocycles. The molecule has 0 aromatic heterocycles. The normalized spacial score (nSPS) is 13.6. The Balaban J connectivity index is 2.83. The number of benzene rings is 1. The number of aliphatic hydroxyl groups is 1. The molecule has 1 atom stereocenters. The van der Waals surface area contributed by atoms with Gasteiger partial charge in [0.1, 0.15) is 0 Å². The maximum atomic E-state index is 12.0. The highest BCUT2D eigenvalue weighted by Crippen LogP contribution is 2.16. The first-order valence-corrected chi connectivity index (χ1v) is 7.06. The molecule has 0 amide bonds. The van der Waals surface area contributed by atoms with E-state index in [9.17, 15) is 8.42 Å². The fourth-order valence-electron chi connectivity index (χ4n) is 1.58. The molecule has 0 aliphatic rings. The lowest BCUT2D eigenvalue weighted by atomic mass is 10.2. The van der Waals surface area contributed by atoms with Gasteiger partial charge in [0.15, 0.2) is 0 Å². The summed E-state index contributed by atoms with van der Waals surface area (Å²) in [5, 5.41) is 9.08. The van der Waals surface area contributed by atoms with Crippen molar-refractivity contribution in [3.05, 3.63) is 29.3 Å². The first kappa shape index (κ1) is 14.2. The Morgan fingerprint density at radius 1 is 1.35 bits per heavy atom. The van der Waals surface area contributed by atoms with E-state index in [1.54, 1.807) is 26.0 Å². The van der Waals surface area contributed by atoms with Gasteiger partial charge in [-0.15, -0.1) is 0 Å². The predicted molar refractivity (Wildman–Crippen MR) is 67.4 cm³/mol. The van der Waals surface area contributed by atoms with Gasteiger partial charge >= 0.3 is 0 Å². The average Bonchev–Trinajstić information content (AvgIpc) is 2.15. The Bertz CT molecular complexity index is 481. The summed E-state index contributed by atoms with van der Waals surface area (Å²) in [5.41, 5.74) is 1.76. The van der Waals surface area contributed by atoms with Crippen LogP contribution in [-0.4, -0.2) is 26.2 Å². The molecule has 0 fully saturated rings. The monoisotopic (exact) mass is 257 g/mol. The zero-order chi connectivity index (χ0) is 13.1. The van der Waals surface area contributed by atoms with Crippen LogP contribution in [0.3, 0.4) is 0 Å². The van der Waals surface area contributed by atoms with Crippen molar-refractivity contribution in [1.29, 1.82) is 0 Å². The Kier molecular flexibility index (Phi) is 4.68. The van der Waals surface area contributed by atoms with E-state index in [0.717, 1.165) is 11.1 Å². The topological polar surface area (TPSA) is 66.4 Å². The number of aliphatic hydroxyl groups excluding tert-OH is 1. The van der Waals surface area contributed by atoms with Gasteiger partial charge in [-0.25, -0.2) is 13.1 Å². The molecule has 0 radical (unpaired) electrons. The number of sulfonamides is 1. The number of hydrogen-bond donors (Lipinski definition) is 2. The molecule has 17 heavy (non-hydrogen) atoms. The van der Waals surface area contributed by atoms with Gasteiger partial charge in [-0.1, -0.05) is 17.7 Å². The molecule has 4 nitrogen and oxygen atoms in total. The Morgan fingerprint density at radius 3 is 2.53 bits per heavy atom. The number of nitrogens with one attached hydrogen (secondary N) is 1. The van der Waals surface area contributed by atoms with E-state index >= 15 is 0 Å². The summed E-state index contributed by atoms with van der Waals surface area (Å²) in [6, 6.07) is 5.22. The summed E-state index contributed by atoms with van der Waals surface area (Å²) in [7, 11) is -3.46. The van der Waals surface area contributed by atoms with Crippen LogP contribution in [-0.2, 0) is 10.0 Å². The summed E-state index contributed by atoms with van der Waals surface area (Å²) in [5.74, 6) is 0. The highest BCUT2D eigenvalue weighted by Gasteiger charge is 2.16. The van der Waals surface area contributed by atoms with Gasteiger partial charge in [-0.2, -0.15) is 0 Å². The smallest absolute Gasteiger partial charge is 0.240 e. The van der Waals surface area contributed by atoms with Gasteiger partial charge in [-0.05, 0) is 38.8 Å². The number of hydrogen-bond acceptors (Lipinski definition) is 3. The predicted octanol–water partition coefficient (Wildman–Crippen LogP) is 1.35. The summed E-state index contributed by atoms with van der Waals surface area (Å²) in [6.45, 7) is 5.57. The van der Waals surface area contributed by atoms with Crippen molar-refractivity contribution in [1.82, 2.24) is 4.72 Å². The lowest BCUT2D eigenvalue weighted by molar-refractivity contribution is 0.186. The first-order valence-electron chi connectivity index (χ1n) is 5.58. The second kappa shape index (κ2) is 5.62. The van der Waals surface area contributed by atoms with Crippen LogP contribution in [0.25, 0.3) is 0 Å².